The van der Waals surface area contributed by atoms with Crippen molar-refractivity contribution in [1.82, 2.24) is 0 Å². The number of halogens is 5. The van der Waals surface area contributed by atoms with Crippen molar-refractivity contribution in [1.29, 1.82) is 0 Å². The van der Waals surface area contributed by atoms with Crippen LogP contribution in [0.3, 0.4) is 0 Å². The smallest absolute Gasteiger partial charge is 0.200 e. The fraction of sp³-hybridized carbons (Fsp3) is 0.0714. The van der Waals surface area contributed by atoms with E-state index in [1.165, 1.54) is 25.3 Å². The lowest BCUT2D eigenvalue weighted by Gasteiger charge is -2.07. The highest BCUT2D eigenvalue weighted by Gasteiger charge is 2.25. The number of methoxy groups -OCH3 is 1. The van der Waals surface area contributed by atoms with Gasteiger partial charge >= 0.3 is 0 Å². The predicted octanol–water partition coefficient (Wildman–Crippen LogP) is 3.54. The van der Waals surface area contributed by atoms with E-state index < -0.39 is 34.8 Å². The molecule has 0 bridgehead atoms. The molecule has 9 heteroatoms. The van der Waals surface area contributed by atoms with Gasteiger partial charge in [-0.25, -0.2) is 22.0 Å². The first-order chi connectivity index (χ1) is 10.9. The normalized spacial score (nSPS) is 11.0. The molecule has 0 heterocycles. The van der Waals surface area contributed by atoms with Crippen LogP contribution in [0.25, 0.3) is 0 Å². The van der Waals surface area contributed by atoms with E-state index in [0.717, 1.165) is 6.21 Å². The van der Waals surface area contributed by atoms with Crippen molar-refractivity contribution < 1.29 is 31.8 Å². The summed E-state index contributed by atoms with van der Waals surface area (Å²) in [7, 11) is 1.31. The molecule has 0 aliphatic rings. The molecule has 0 spiro atoms. The lowest BCUT2D eigenvalue weighted by molar-refractivity contribution is 0.373. The van der Waals surface area contributed by atoms with Crippen LogP contribution >= 0.6 is 0 Å². The van der Waals surface area contributed by atoms with Gasteiger partial charge in [-0.3, -0.25) is 5.43 Å². The van der Waals surface area contributed by atoms with Gasteiger partial charge in [-0.05, 0) is 12.1 Å². The van der Waals surface area contributed by atoms with Crippen molar-refractivity contribution in [3.05, 3.63) is 52.8 Å². The second kappa shape index (κ2) is 6.51. The number of hydrazone groups is 1. The quantitative estimate of drug-likeness (QED) is 0.296. The third-order valence-corrected chi connectivity index (χ3v) is 2.84. The van der Waals surface area contributed by atoms with E-state index in [1.54, 1.807) is 5.43 Å². The number of nitrogens with zero attached hydrogens (tertiary/aromatic N) is 1. The van der Waals surface area contributed by atoms with Gasteiger partial charge in [0.1, 0.15) is 5.69 Å². The number of hydrogen-bond acceptors (Lipinski definition) is 4. The second-order valence-corrected chi connectivity index (χ2v) is 4.21. The summed E-state index contributed by atoms with van der Waals surface area (Å²) >= 11 is 0. The van der Waals surface area contributed by atoms with Gasteiger partial charge in [0.15, 0.2) is 34.8 Å². The van der Waals surface area contributed by atoms with Crippen molar-refractivity contribution in [3.8, 4) is 11.5 Å². The highest BCUT2D eigenvalue weighted by Crippen LogP contribution is 2.29. The molecular weight excluding hydrogens is 323 g/mol. The van der Waals surface area contributed by atoms with Crippen LogP contribution in [0, 0.1) is 29.1 Å². The average molecular weight is 332 g/mol. The highest BCUT2D eigenvalue weighted by atomic mass is 19.2. The summed E-state index contributed by atoms with van der Waals surface area (Å²) < 4.78 is 70.5. The third kappa shape index (κ3) is 3.03. The van der Waals surface area contributed by atoms with Gasteiger partial charge in [0, 0.05) is 5.56 Å². The fourth-order valence-electron chi connectivity index (χ4n) is 1.68. The number of phenols is 1. The molecule has 2 aromatic rings. The molecule has 0 saturated carbocycles. The Morgan fingerprint density at radius 2 is 1.57 bits per heavy atom. The molecule has 0 amide bonds. The van der Waals surface area contributed by atoms with Crippen molar-refractivity contribution in [2.45, 2.75) is 0 Å². The Labute approximate surface area is 126 Å². The second-order valence-electron chi connectivity index (χ2n) is 4.21. The molecule has 0 aromatic heterocycles. The van der Waals surface area contributed by atoms with Gasteiger partial charge in [0.05, 0.1) is 13.3 Å². The maximum absolute atomic E-state index is 13.4. The van der Waals surface area contributed by atoms with E-state index in [1.807, 2.05) is 0 Å². The van der Waals surface area contributed by atoms with E-state index in [4.69, 9.17) is 4.74 Å². The number of hydrogen-bond donors (Lipinski definition) is 2. The summed E-state index contributed by atoms with van der Waals surface area (Å²) in [5.74, 6) is -10.7. The molecule has 0 aliphatic heterocycles. The number of ether oxygens (including phenoxy) is 1. The minimum atomic E-state index is -2.26. The van der Waals surface area contributed by atoms with Crippen LogP contribution in [0.15, 0.2) is 23.3 Å². The van der Waals surface area contributed by atoms with Crippen molar-refractivity contribution >= 4 is 11.9 Å². The van der Waals surface area contributed by atoms with E-state index in [2.05, 4.69) is 5.10 Å². The summed E-state index contributed by atoms with van der Waals surface area (Å²) in [5, 5.41) is 13.1. The Balaban J connectivity index is 2.32. The lowest BCUT2D eigenvalue weighted by Crippen LogP contribution is -2.06. The molecule has 0 unspecified atom stereocenters. The van der Waals surface area contributed by atoms with Crippen LogP contribution < -0.4 is 10.2 Å². The number of para-hydroxylation sites is 1. The zero-order chi connectivity index (χ0) is 17.1. The molecule has 0 radical (unpaired) electrons. The van der Waals surface area contributed by atoms with E-state index in [-0.39, 0.29) is 17.1 Å². The molecule has 0 aliphatic carbocycles. The first-order valence-corrected chi connectivity index (χ1v) is 6.05. The number of aromatic hydroxyl groups is 1. The molecule has 2 aromatic carbocycles. The first-order valence-electron chi connectivity index (χ1n) is 6.05. The molecule has 0 atom stereocenters. The Hall–Kier alpha value is -2.84. The van der Waals surface area contributed by atoms with Crippen LogP contribution in [0.4, 0.5) is 27.6 Å². The molecule has 122 valence electrons. The Bertz CT molecular complexity index is 751. The van der Waals surface area contributed by atoms with Gasteiger partial charge < -0.3 is 9.84 Å². The maximum atomic E-state index is 13.4. The van der Waals surface area contributed by atoms with Crippen molar-refractivity contribution in [2.24, 2.45) is 5.10 Å². The molecule has 23 heavy (non-hydrogen) atoms. The summed E-state index contributed by atoms with van der Waals surface area (Å²) in [6, 6.07) is 4.34. The van der Waals surface area contributed by atoms with Gasteiger partial charge in [-0.2, -0.15) is 5.10 Å². The first kappa shape index (κ1) is 16.5. The molecule has 0 saturated heterocycles. The van der Waals surface area contributed by atoms with Crippen molar-refractivity contribution in [2.75, 3.05) is 12.5 Å². The highest BCUT2D eigenvalue weighted by molar-refractivity contribution is 5.85. The molecular formula is C14H9F5N2O2. The van der Waals surface area contributed by atoms with E-state index in [0.29, 0.717) is 0 Å². The summed E-state index contributed by atoms with van der Waals surface area (Å²) in [6.07, 6.45) is 0.926. The van der Waals surface area contributed by atoms with Crippen LogP contribution in [-0.2, 0) is 0 Å². The van der Waals surface area contributed by atoms with Crippen LogP contribution in [0.2, 0.25) is 0 Å². The minimum Gasteiger partial charge on any atom is -0.504 e. The van der Waals surface area contributed by atoms with Crippen LogP contribution in [0.5, 0.6) is 11.5 Å². The lowest BCUT2D eigenvalue weighted by atomic mass is 10.2. The minimum absolute atomic E-state index is 0.0979. The van der Waals surface area contributed by atoms with Gasteiger partial charge in [-0.1, -0.05) is 6.07 Å². The Morgan fingerprint density at radius 3 is 2.13 bits per heavy atom. The third-order valence-electron chi connectivity index (χ3n) is 2.84. The molecule has 0 fully saturated rings. The number of rotatable bonds is 4. The van der Waals surface area contributed by atoms with Gasteiger partial charge in [0.25, 0.3) is 0 Å². The summed E-state index contributed by atoms with van der Waals surface area (Å²) in [5.41, 5.74) is 0.517. The van der Waals surface area contributed by atoms with Crippen LogP contribution in [-0.4, -0.2) is 18.4 Å². The summed E-state index contributed by atoms with van der Waals surface area (Å²) in [6.45, 7) is 0. The zero-order valence-corrected chi connectivity index (χ0v) is 11.5. The topological polar surface area (TPSA) is 53.8 Å². The van der Waals surface area contributed by atoms with Crippen molar-refractivity contribution in [3.63, 3.8) is 0 Å². The fourth-order valence-corrected chi connectivity index (χ4v) is 1.68. The molecule has 2 N–H and O–H groups in total. The SMILES string of the molecule is COc1cccc(/C=N/Nc2c(F)c(F)c(F)c(F)c2F)c1O. The standard InChI is InChI=1S/C14H9F5N2O2/c1-23-7-4-2-3-6(14(7)22)5-20-21-13-11(18)9(16)8(15)10(17)12(13)19/h2-5,21-22H,1H3/b20-5+. The van der Waals surface area contributed by atoms with E-state index >= 15 is 0 Å². The largest absolute Gasteiger partial charge is 0.504 e. The number of nitrogens with one attached hydrogen (secondary N) is 1. The van der Waals surface area contributed by atoms with Gasteiger partial charge in [-0.15, -0.1) is 0 Å². The molecule has 2 rings (SSSR count). The summed E-state index contributed by atoms with van der Waals surface area (Å²) in [4.78, 5) is 0. The van der Waals surface area contributed by atoms with Gasteiger partial charge in [0.2, 0.25) is 5.82 Å². The predicted molar refractivity (Wildman–Crippen MR) is 72.1 cm³/mol. The monoisotopic (exact) mass is 332 g/mol. The average Bonchev–Trinajstić information content (AvgIpc) is 2.55. The van der Waals surface area contributed by atoms with Crippen LogP contribution in [0.1, 0.15) is 5.56 Å². The Morgan fingerprint density at radius 1 is 1.00 bits per heavy atom. The van der Waals surface area contributed by atoms with E-state index in [9.17, 15) is 27.1 Å². The molecule has 4 nitrogen and oxygen atoms in total. The number of phenolic OH excluding ortho intramolecular Hbond substituents is 1. The number of anilines is 1. The maximum Gasteiger partial charge on any atom is 0.200 e. The zero-order valence-electron chi connectivity index (χ0n) is 11.5. The number of benzene rings is 2. The Kier molecular flexibility index (Phi) is 4.68.